The van der Waals surface area contributed by atoms with Gasteiger partial charge in [-0.2, -0.15) is 0 Å². The zero-order valence-corrected chi connectivity index (χ0v) is 10.8. The van der Waals surface area contributed by atoms with Gasteiger partial charge >= 0.3 is 0 Å². The molecule has 0 amide bonds. The highest BCUT2D eigenvalue weighted by atomic mass is 79.9. The molecule has 1 aromatic carbocycles. The van der Waals surface area contributed by atoms with E-state index in [1.54, 1.807) is 7.11 Å². The normalized spacial score (nSPS) is 10.7. The molecule has 0 atom stereocenters. The molecule has 4 heteroatoms. The summed E-state index contributed by atoms with van der Waals surface area (Å²) in [7, 11) is 1.64. The Labute approximate surface area is 103 Å². The standard InChI is InChI=1S/C12H13BrN2O/c1-3-7-6-9(14)11-8(13)4-5-10(16-2)12(11)15-7/h4-6H,3H2,1-2H3,(H2,14,15). The highest BCUT2D eigenvalue weighted by Gasteiger charge is 2.10. The van der Waals surface area contributed by atoms with Gasteiger partial charge in [0.05, 0.1) is 7.11 Å². The molecule has 84 valence electrons. The lowest BCUT2D eigenvalue weighted by molar-refractivity contribution is 0.419. The third kappa shape index (κ3) is 1.73. The third-order valence-corrected chi connectivity index (χ3v) is 3.20. The Balaban J connectivity index is 2.87. The minimum Gasteiger partial charge on any atom is -0.494 e. The smallest absolute Gasteiger partial charge is 0.145 e. The van der Waals surface area contributed by atoms with Crippen LogP contribution in [0.15, 0.2) is 22.7 Å². The van der Waals surface area contributed by atoms with Crippen molar-refractivity contribution in [3.8, 4) is 5.75 Å². The summed E-state index contributed by atoms with van der Waals surface area (Å²) in [5, 5.41) is 0.913. The highest BCUT2D eigenvalue weighted by molar-refractivity contribution is 9.10. The van der Waals surface area contributed by atoms with Gasteiger partial charge in [-0.3, -0.25) is 0 Å². The van der Waals surface area contributed by atoms with Gasteiger partial charge in [0.15, 0.2) is 0 Å². The topological polar surface area (TPSA) is 48.1 Å². The number of hydrogen-bond acceptors (Lipinski definition) is 3. The zero-order chi connectivity index (χ0) is 11.7. The molecule has 1 heterocycles. The SMILES string of the molecule is CCc1cc(N)c2c(Br)ccc(OC)c2n1. The molecule has 0 aliphatic carbocycles. The molecular formula is C12H13BrN2O. The van der Waals surface area contributed by atoms with E-state index in [2.05, 4.69) is 27.8 Å². The Morgan fingerprint density at radius 2 is 2.19 bits per heavy atom. The van der Waals surface area contributed by atoms with Crippen molar-refractivity contribution in [3.63, 3.8) is 0 Å². The number of aryl methyl sites for hydroxylation is 1. The molecule has 2 rings (SSSR count). The Kier molecular flexibility index (Phi) is 3.01. The number of fused-ring (bicyclic) bond motifs is 1. The van der Waals surface area contributed by atoms with Crippen LogP contribution in [0.2, 0.25) is 0 Å². The third-order valence-electron chi connectivity index (χ3n) is 2.54. The average molecular weight is 281 g/mol. The fraction of sp³-hybridized carbons (Fsp3) is 0.250. The molecule has 0 spiro atoms. The minimum atomic E-state index is 0.729. The Hall–Kier alpha value is -1.29. The number of ether oxygens (including phenoxy) is 1. The molecule has 0 aliphatic heterocycles. The van der Waals surface area contributed by atoms with Gasteiger partial charge in [-0.25, -0.2) is 4.98 Å². The predicted octanol–water partition coefficient (Wildman–Crippen LogP) is 3.15. The number of anilines is 1. The first-order chi connectivity index (χ1) is 7.67. The van der Waals surface area contributed by atoms with Crippen LogP contribution in [0.4, 0.5) is 5.69 Å². The molecule has 2 N–H and O–H groups in total. The number of pyridine rings is 1. The molecule has 0 radical (unpaired) electrons. The Bertz CT molecular complexity index is 540. The number of benzene rings is 1. The van der Waals surface area contributed by atoms with E-state index < -0.39 is 0 Å². The number of aromatic nitrogens is 1. The lowest BCUT2D eigenvalue weighted by Crippen LogP contribution is -1.97. The second-order valence-electron chi connectivity index (χ2n) is 3.53. The monoisotopic (exact) mass is 280 g/mol. The van der Waals surface area contributed by atoms with Crippen LogP contribution in [0.5, 0.6) is 5.75 Å². The lowest BCUT2D eigenvalue weighted by Gasteiger charge is -2.10. The molecule has 2 aromatic rings. The minimum absolute atomic E-state index is 0.729. The summed E-state index contributed by atoms with van der Waals surface area (Å²) in [6.45, 7) is 2.05. The van der Waals surface area contributed by atoms with Crippen molar-refractivity contribution in [2.75, 3.05) is 12.8 Å². The molecule has 0 fully saturated rings. The number of hydrogen-bond donors (Lipinski definition) is 1. The fourth-order valence-corrected chi connectivity index (χ4v) is 2.26. The van der Waals surface area contributed by atoms with Gasteiger partial charge in [-0.15, -0.1) is 0 Å². The molecular weight excluding hydrogens is 268 g/mol. The Morgan fingerprint density at radius 3 is 2.81 bits per heavy atom. The van der Waals surface area contributed by atoms with E-state index in [0.717, 1.165) is 38.9 Å². The van der Waals surface area contributed by atoms with Crippen molar-refractivity contribution in [1.29, 1.82) is 0 Å². The summed E-state index contributed by atoms with van der Waals surface area (Å²) < 4.78 is 6.24. The van der Waals surface area contributed by atoms with E-state index in [1.165, 1.54) is 0 Å². The van der Waals surface area contributed by atoms with E-state index in [4.69, 9.17) is 10.5 Å². The van der Waals surface area contributed by atoms with Gasteiger partial charge in [0, 0.05) is 21.2 Å². The van der Waals surface area contributed by atoms with Crippen LogP contribution in [0.25, 0.3) is 10.9 Å². The maximum absolute atomic E-state index is 6.03. The van der Waals surface area contributed by atoms with E-state index in [-0.39, 0.29) is 0 Å². The quantitative estimate of drug-likeness (QED) is 0.919. The molecule has 0 bridgehead atoms. The van der Waals surface area contributed by atoms with Crippen molar-refractivity contribution in [2.24, 2.45) is 0 Å². The summed E-state index contributed by atoms with van der Waals surface area (Å²) in [4.78, 5) is 4.55. The fourth-order valence-electron chi connectivity index (χ4n) is 1.71. The van der Waals surface area contributed by atoms with Crippen molar-refractivity contribution >= 4 is 32.5 Å². The lowest BCUT2D eigenvalue weighted by atomic mass is 10.1. The second-order valence-corrected chi connectivity index (χ2v) is 4.38. The van der Waals surface area contributed by atoms with Crippen molar-refractivity contribution in [2.45, 2.75) is 13.3 Å². The maximum atomic E-state index is 6.03. The summed E-state index contributed by atoms with van der Waals surface area (Å²) in [6.07, 6.45) is 0.857. The van der Waals surface area contributed by atoms with Gasteiger partial charge in [-0.1, -0.05) is 22.9 Å². The molecule has 16 heavy (non-hydrogen) atoms. The van der Waals surface area contributed by atoms with E-state index in [1.807, 2.05) is 18.2 Å². The van der Waals surface area contributed by atoms with Gasteiger partial charge in [0.2, 0.25) is 0 Å². The predicted molar refractivity (Wildman–Crippen MR) is 69.8 cm³/mol. The molecule has 0 unspecified atom stereocenters. The second kappa shape index (κ2) is 4.29. The number of halogens is 1. The maximum Gasteiger partial charge on any atom is 0.145 e. The number of nitrogen functional groups attached to an aromatic ring is 1. The molecule has 3 nitrogen and oxygen atoms in total. The highest BCUT2D eigenvalue weighted by Crippen LogP contribution is 2.34. The van der Waals surface area contributed by atoms with Crippen LogP contribution in [0, 0.1) is 0 Å². The van der Waals surface area contributed by atoms with Crippen LogP contribution in [0.3, 0.4) is 0 Å². The first-order valence-electron chi connectivity index (χ1n) is 5.09. The Morgan fingerprint density at radius 1 is 1.44 bits per heavy atom. The number of methoxy groups -OCH3 is 1. The summed E-state index contributed by atoms with van der Waals surface area (Å²) in [5.74, 6) is 0.750. The van der Waals surface area contributed by atoms with Crippen molar-refractivity contribution in [1.82, 2.24) is 4.98 Å². The summed E-state index contributed by atoms with van der Waals surface area (Å²) in [5.41, 5.74) is 8.55. The first kappa shape index (κ1) is 11.2. The largest absolute Gasteiger partial charge is 0.494 e. The number of nitrogens with zero attached hydrogens (tertiary/aromatic N) is 1. The molecule has 0 saturated carbocycles. The van der Waals surface area contributed by atoms with Gasteiger partial charge < -0.3 is 10.5 Å². The average Bonchev–Trinajstić information content (AvgIpc) is 2.28. The van der Waals surface area contributed by atoms with Crippen molar-refractivity contribution in [3.05, 3.63) is 28.4 Å². The molecule has 0 aliphatic rings. The van der Waals surface area contributed by atoms with Crippen molar-refractivity contribution < 1.29 is 4.74 Å². The van der Waals surface area contributed by atoms with E-state index in [9.17, 15) is 0 Å². The number of nitrogens with two attached hydrogens (primary N) is 1. The van der Waals surface area contributed by atoms with E-state index in [0.29, 0.717) is 0 Å². The zero-order valence-electron chi connectivity index (χ0n) is 9.25. The molecule has 0 saturated heterocycles. The van der Waals surface area contributed by atoms with Gasteiger partial charge in [-0.05, 0) is 24.6 Å². The van der Waals surface area contributed by atoms with Crippen LogP contribution >= 0.6 is 15.9 Å². The van der Waals surface area contributed by atoms with Crippen LogP contribution in [0.1, 0.15) is 12.6 Å². The van der Waals surface area contributed by atoms with Crippen LogP contribution < -0.4 is 10.5 Å². The van der Waals surface area contributed by atoms with Crippen LogP contribution in [-0.4, -0.2) is 12.1 Å². The van der Waals surface area contributed by atoms with Crippen LogP contribution in [-0.2, 0) is 6.42 Å². The van der Waals surface area contributed by atoms with Gasteiger partial charge in [0.25, 0.3) is 0 Å². The van der Waals surface area contributed by atoms with E-state index >= 15 is 0 Å². The number of rotatable bonds is 2. The molecule has 1 aromatic heterocycles. The first-order valence-corrected chi connectivity index (χ1v) is 5.88. The summed E-state index contributed by atoms with van der Waals surface area (Å²) >= 11 is 3.48. The van der Waals surface area contributed by atoms with Gasteiger partial charge in [0.1, 0.15) is 11.3 Å². The summed E-state index contributed by atoms with van der Waals surface area (Å²) in [6, 6.07) is 5.72.